The number of esters is 1. The van der Waals surface area contributed by atoms with Gasteiger partial charge < -0.3 is 9.47 Å². The van der Waals surface area contributed by atoms with Gasteiger partial charge in [-0.3, -0.25) is 0 Å². The van der Waals surface area contributed by atoms with Crippen LogP contribution in [0, 0.1) is 5.41 Å². The van der Waals surface area contributed by atoms with Crippen LogP contribution in [0.4, 0.5) is 0 Å². The van der Waals surface area contributed by atoms with E-state index in [1.807, 2.05) is 12.1 Å². The van der Waals surface area contributed by atoms with E-state index in [1.165, 1.54) is 5.56 Å². The first-order valence-electron chi connectivity index (χ1n) is 7.67. The lowest BCUT2D eigenvalue weighted by molar-refractivity contribution is -0.138. The lowest BCUT2D eigenvalue weighted by atomic mass is 9.72. The molecular formula is C19H28O3. The lowest BCUT2D eigenvalue weighted by Gasteiger charge is -2.33. The van der Waals surface area contributed by atoms with E-state index >= 15 is 0 Å². The average Bonchev–Trinajstić information content (AvgIpc) is 2.41. The Bertz CT molecular complexity index is 492. The van der Waals surface area contributed by atoms with Crippen LogP contribution in [0.5, 0.6) is 5.75 Å². The van der Waals surface area contributed by atoms with Crippen LogP contribution in [-0.4, -0.2) is 19.2 Å². The molecule has 0 aliphatic heterocycles. The van der Waals surface area contributed by atoms with Gasteiger partial charge in [0.15, 0.2) is 0 Å². The van der Waals surface area contributed by atoms with Crippen molar-refractivity contribution in [3.63, 3.8) is 0 Å². The van der Waals surface area contributed by atoms with Crippen molar-refractivity contribution >= 4 is 5.97 Å². The first-order valence-corrected chi connectivity index (χ1v) is 7.67. The fourth-order valence-electron chi connectivity index (χ4n) is 2.79. The maximum atomic E-state index is 10.9. The van der Waals surface area contributed by atoms with Gasteiger partial charge in [0.1, 0.15) is 19.0 Å². The third kappa shape index (κ3) is 6.33. The molecule has 0 N–H and O–H groups in total. The summed E-state index contributed by atoms with van der Waals surface area (Å²) >= 11 is 0. The molecule has 3 heteroatoms. The summed E-state index contributed by atoms with van der Waals surface area (Å²) in [4.78, 5) is 10.9. The fourth-order valence-corrected chi connectivity index (χ4v) is 2.79. The second-order valence-corrected chi connectivity index (χ2v) is 7.37. The van der Waals surface area contributed by atoms with Crippen molar-refractivity contribution in [2.75, 3.05) is 13.2 Å². The molecule has 0 aliphatic rings. The molecule has 0 aliphatic carbocycles. The Hall–Kier alpha value is -1.77. The highest BCUT2D eigenvalue weighted by Gasteiger charge is 2.27. The molecule has 0 heterocycles. The predicted molar refractivity (Wildman–Crippen MR) is 90.2 cm³/mol. The number of hydrogen-bond donors (Lipinski definition) is 0. The van der Waals surface area contributed by atoms with Crippen molar-refractivity contribution in [3.8, 4) is 5.75 Å². The van der Waals surface area contributed by atoms with Gasteiger partial charge in [-0.2, -0.15) is 0 Å². The van der Waals surface area contributed by atoms with Gasteiger partial charge in [0.2, 0.25) is 0 Å². The van der Waals surface area contributed by atoms with Gasteiger partial charge >= 0.3 is 5.97 Å². The van der Waals surface area contributed by atoms with E-state index < -0.39 is 5.97 Å². The molecule has 22 heavy (non-hydrogen) atoms. The number of benzene rings is 1. The summed E-state index contributed by atoms with van der Waals surface area (Å²) in [6.45, 7) is 15.2. The topological polar surface area (TPSA) is 35.5 Å². The molecule has 0 atom stereocenters. The zero-order chi connectivity index (χ0) is 16.8. The van der Waals surface area contributed by atoms with E-state index in [2.05, 4.69) is 53.3 Å². The summed E-state index contributed by atoms with van der Waals surface area (Å²) in [6, 6.07) is 8.15. The largest absolute Gasteiger partial charge is 0.490 e. The van der Waals surface area contributed by atoms with Crippen molar-refractivity contribution in [3.05, 3.63) is 42.5 Å². The first kappa shape index (κ1) is 18.3. The summed E-state index contributed by atoms with van der Waals surface area (Å²) in [5.41, 5.74) is 1.71. The van der Waals surface area contributed by atoms with E-state index in [1.54, 1.807) is 0 Å². The van der Waals surface area contributed by atoms with E-state index in [-0.39, 0.29) is 17.4 Å². The second kappa shape index (κ2) is 7.48. The summed E-state index contributed by atoms with van der Waals surface area (Å²) in [6.07, 6.45) is 2.25. The van der Waals surface area contributed by atoms with Crippen molar-refractivity contribution < 1.29 is 14.3 Å². The van der Waals surface area contributed by atoms with Crippen LogP contribution in [0.3, 0.4) is 0 Å². The Morgan fingerprint density at radius 1 is 1.09 bits per heavy atom. The van der Waals surface area contributed by atoms with Gasteiger partial charge in [0, 0.05) is 6.08 Å². The van der Waals surface area contributed by atoms with Gasteiger partial charge in [-0.1, -0.05) is 53.3 Å². The minimum Gasteiger partial charge on any atom is -0.490 e. The van der Waals surface area contributed by atoms with Crippen LogP contribution in [0.2, 0.25) is 0 Å². The SMILES string of the molecule is C=CC(=O)OCCOc1ccc(C(C)(C)CC(C)(C)C)cc1. The van der Waals surface area contributed by atoms with E-state index in [4.69, 9.17) is 9.47 Å². The Balaban J connectivity index is 2.55. The summed E-state index contributed by atoms with van der Waals surface area (Å²) in [5.74, 6) is 0.354. The molecule has 1 aromatic carbocycles. The number of rotatable bonds is 7. The number of ether oxygens (including phenoxy) is 2. The first-order chi connectivity index (χ1) is 10.1. The van der Waals surface area contributed by atoms with Crippen LogP contribution >= 0.6 is 0 Å². The molecule has 0 unspecified atom stereocenters. The van der Waals surface area contributed by atoms with Crippen molar-refractivity contribution in [1.82, 2.24) is 0 Å². The Morgan fingerprint density at radius 2 is 1.68 bits per heavy atom. The molecule has 0 amide bonds. The second-order valence-electron chi connectivity index (χ2n) is 7.37. The van der Waals surface area contributed by atoms with Crippen LogP contribution in [0.15, 0.2) is 36.9 Å². The van der Waals surface area contributed by atoms with Gasteiger partial charge in [0.25, 0.3) is 0 Å². The number of carbonyl (C=O) groups excluding carboxylic acids is 1. The normalized spacial score (nSPS) is 11.9. The highest BCUT2D eigenvalue weighted by molar-refractivity contribution is 5.81. The maximum Gasteiger partial charge on any atom is 0.330 e. The fraction of sp³-hybridized carbons (Fsp3) is 0.526. The molecule has 0 spiro atoms. The minimum atomic E-state index is -0.428. The third-order valence-corrected chi connectivity index (χ3v) is 3.37. The van der Waals surface area contributed by atoms with Crippen LogP contribution in [0.25, 0.3) is 0 Å². The van der Waals surface area contributed by atoms with Crippen LogP contribution in [0.1, 0.15) is 46.6 Å². The number of hydrogen-bond acceptors (Lipinski definition) is 3. The monoisotopic (exact) mass is 304 g/mol. The molecule has 1 aromatic rings. The predicted octanol–water partition coefficient (Wildman–Crippen LogP) is 4.51. The van der Waals surface area contributed by atoms with E-state index in [0.29, 0.717) is 6.61 Å². The van der Waals surface area contributed by atoms with Crippen molar-refractivity contribution in [1.29, 1.82) is 0 Å². The smallest absolute Gasteiger partial charge is 0.330 e. The molecule has 0 bridgehead atoms. The average molecular weight is 304 g/mol. The molecule has 0 saturated carbocycles. The lowest BCUT2D eigenvalue weighted by Crippen LogP contribution is -2.24. The summed E-state index contributed by atoms with van der Waals surface area (Å²) in [7, 11) is 0. The molecular weight excluding hydrogens is 276 g/mol. The molecule has 0 fully saturated rings. The van der Waals surface area contributed by atoms with Crippen molar-refractivity contribution in [2.45, 2.75) is 46.5 Å². The molecule has 122 valence electrons. The maximum absolute atomic E-state index is 10.9. The standard InChI is InChI=1S/C19H28O3/c1-7-17(20)22-13-12-21-16-10-8-15(9-11-16)19(5,6)14-18(2,3)4/h7-11H,1,12-14H2,2-6H3. The van der Waals surface area contributed by atoms with Crippen molar-refractivity contribution in [2.24, 2.45) is 5.41 Å². The molecule has 0 aromatic heterocycles. The van der Waals surface area contributed by atoms with E-state index in [0.717, 1.165) is 18.2 Å². The van der Waals surface area contributed by atoms with Gasteiger partial charge in [-0.25, -0.2) is 4.79 Å². The summed E-state index contributed by atoms with van der Waals surface area (Å²) < 4.78 is 10.4. The third-order valence-electron chi connectivity index (χ3n) is 3.37. The van der Waals surface area contributed by atoms with Gasteiger partial charge in [-0.15, -0.1) is 0 Å². The van der Waals surface area contributed by atoms with Gasteiger partial charge in [-0.05, 0) is 34.9 Å². The molecule has 0 saturated heterocycles. The Morgan fingerprint density at radius 3 is 2.18 bits per heavy atom. The minimum absolute atomic E-state index is 0.121. The highest BCUT2D eigenvalue weighted by atomic mass is 16.6. The quantitative estimate of drug-likeness (QED) is 0.422. The van der Waals surface area contributed by atoms with E-state index in [9.17, 15) is 4.79 Å². The summed E-state index contributed by atoms with van der Waals surface area (Å²) in [5, 5.41) is 0. The Labute approximate surface area is 134 Å². The van der Waals surface area contributed by atoms with Gasteiger partial charge in [0.05, 0.1) is 0 Å². The molecule has 3 nitrogen and oxygen atoms in total. The zero-order valence-corrected chi connectivity index (χ0v) is 14.4. The Kier molecular flexibility index (Phi) is 6.21. The molecule has 0 radical (unpaired) electrons. The zero-order valence-electron chi connectivity index (χ0n) is 14.4. The highest BCUT2D eigenvalue weighted by Crippen LogP contribution is 2.36. The van der Waals surface area contributed by atoms with Crippen LogP contribution < -0.4 is 4.74 Å². The van der Waals surface area contributed by atoms with Crippen LogP contribution in [-0.2, 0) is 14.9 Å². The number of carbonyl (C=O) groups is 1. The molecule has 1 rings (SSSR count).